The quantitative estimate of drug-likeness (QED) is 0.757. The second kappa shape index (κ2) is 4.51. The summed E-state index contributed by atoms with van der Waals surface area (Å²) in [5.41, 5.74) is 14.4. The van der Waals surface area contributed by atoms with Crippen LogP contribution in [0.5, 0.6) is 0 Å². The highest BCUT2D eigenvalue weighted by atomic mass is 14.7. The lowest BCUT2D eigenvalue weighted by molar-refractivity contribution is 0.434. The Hall–Kier alpha value is -1.32. The minimum atomic E-state index is -0.149. The van der Waals surface area contributed by atoms with E-state index in [2.05, 4.69) is 17.1 Å². The molecule has 1 unspecified atom stereocenters. The molecule has 0 bridgehead atoms. The van der Waals surface area contributed by atoms with Gasteiger partial charge in [0.05, 0.1) is 0 Å². The number of nitrogens with one attached hydrogen (secondary N) is 1. The van der Waals surface area contributed by atoms with E-state index in [9.17, 15) is 0 Å². The summed E-state index contributed by atoms with van der Waals surface area (Å²) in [6, 6.07) is 8.29. The van der Waals surface area contributed by atoms with Gasteiger partial charge in [0.15, 0.2) is 0 Å². The molecular formula is C14H21N3. The first-order chi connectivity index (χ1) is 7.97. The lowest BCUT2D eigenvalue weighted by Gasteiger charge is -2.20. The van der Waals surface area contributed by atoms with Gasteiger partial charge in [-0.1, -0.05) is 18.2 Å². The number of para-hydroxylation sites is 1. The summed E-state index contributed by atoms with van der Waals surface area (Å²) in [5, 5.41) is 1.22. The van der Waals surface area contributed by atoms with Crippen LogP contribution in [0.2, 0.25) is 0 Å². The molecule has 1 aromatic carbocycles. The van der Waals surface area contributed by atoms with Crippen molar-refractivity contribution in [1.82, 2.24) is 4.98 Å². The topological polar surface area (TPSA) is 67.8 Å². The first-order valence-electron chi connectivity index (χ1n) is 6.08. The molecular weight excluding hydrogens is 210 g/mol. The van der Waals surface area contributed by atoms with E-state index in [-0.39, 0.29) is 11.6 Å². The molecule has 5 N–H and O–H groups in total. The number of rotatable bonds is 4. The van der Waals surface area contributed by atoms with Crippen LogP contribution in [0.4, 0.5) is 0 Å². The fraction of sp³-hybridized carbons (Fsp3) is 0.429. The number of hydrogen-bond donors (Lipinski definition) is 3. The Morgan fingerprint density at radius 1 is 1.29 bits per heavy atom. The average molecular weight is 231 g/mol. The molecule has 2 aromatic rings. The van der Waals surface area contributed by atoms with Gasteiger partial charge in [-0.05, 0) is 38.3 Å². The van der Waals surface area contributed by atoms with Crippen molar-refractivity contribution in [1.29, 1.82) is 0 Å². The van der Waals surface area contributed by atoms with Crippen LogP contribution in [0.1, 0.15) is 38.3 Å². The molecule has 0 radical (unpaired) electrons. The first-order valence-corrected chi connectivity index (χ1v) is 6.08. The second-order valence-electron chi connectivity index (χ2n) is 5.42. The largest absolute Gasteiger partial charge is 0.361 e. The molecule has 0 spiro atoms. The standard InChI is InChI=1S/C14H21N3/c1-14(2,16)8-7-12(15)11-9-17-13-6-4-3-5-10(11)13/h3-6,9,12,17H,7-8,15-16H2,1-2H3. The maximum Gasteiger partial charge on any atom is 0.0457 e. The minimum absolute atomic E-state index is 0.0500. The van der Waals surface area contributed by atoms with Crippen molar-refractivity contribution in [3.63, 3.8) is 0 Å². The number of benzene rings is 1. The molecule has 0 aliphatic heterocycles. The number of hydrogen-bond acceptors (Lipinski definition) is 2. The van der Waals surface area contributed by atoms with Gasteiger partial charge in [-0.15, -0.1) is 0 Å². The zero-order valence-electron chi connectivity index (χ0n) is 10.5. The van der Waals surface area contributed by atoms with Gasteiger partial charge in [-0.3, -0.25) is 0 Å². The van der Waals surface area contributed by atoms with E-state index < -0.39 is 0 Å². The van der Waals surface area contributed by atoms with E-state index in [1.54, 1.807) is 0 Å². The summed E-state index contributed by atoms with van der Waals surface area (Å²) in [6.07, 6.45) is 3.85. The molecule has 3 heteroatoms. The Morgan fingerprint density at radius 3 is 2.71 bits per heavy atom. The van der Waals surface area contributed by atoms with Crippen LogP contribution in [0.15, 0.2) is 30.5 Å². The van der Waals surface area contributed by atoms with E-state index in [1.165, 1.54) is 10.9 Å². The van der Waals surface area contributed by atoms with Gasteiger partial charge in [0.2, 0.25) is 0 Å². The van der Waals surface area contributed by atoms with Gasteiger partial charge < -0.3 is 16.5 Å². The third-order valence-electron chi connectivity index (χ3n) is 3.12. The number of nitrogens with two attached hydrogens (primary N) is 2. The predicted molar refractivity (Wildman–Crippen MR) is 72.7 cm³/mol. The summed E-state index contributed by atoms with van der Waals surface area (Å²) >= 11 is 0. The van der Waals surface area contributed by atoms with Crippen LogP contribution in [0.3, 0.4) is 0 Å². The summed E-state index contributed by atoms with van der Waals surface area (Å²) in [7, 11) is 0. The fourth-order valence-corrected chi connectivity index (χ4v) is 2.08. The normalized spacial score (nSPS) is 14.1. The average Bonchev–Trinajstić information content (AvgIpc) is 2.68. The lowest BCUT2D eigenvalue weighted by Crippen LogP contribution is -2.32. The summed E-state index contributed by atoms with van der Waals surface area (Å²) in [6.45, 7) is 4.07. The van der Waals surface area contributed by atoms with Gasteiger partial charge in [-0.2, -0.15) is 0 Å². The maximum absolute atomic E-state index is 6.24. The van der Waals surface area contributed by atoms with E-state index in [0.717, 1.165) is 18.4 Å². The third kappa shape index (κ3) is 2.87. The molecule has 0 amide bonds. The van der Waals surface area contributed by atoms with Crippen molar-refractivity contribution in [2.75, 3.05) is 0 Å². The number of fused-ring (bicyclic) bond motifs is 1. The molecule has 0 fully saturated rings. The Morgan fingerprint density at radius 2 is 2.00 bits per heavy atom. The third-order valence-corrected chi connectivity index (χ3v) is 3.12. The van der Waals surface area contributed by atoms with Crippen LogP contribution in [-0.2, 0) is 0 Å². The summed E-state index contributed by atoms with van der Waals surface area (Å²) in [5.74, 6) is 0. The highest BCUT2D eigenvalue weighted by Crippen LogP contribution is 2.26. The summed E-state index contributed by atoms with van der Waals surface area (Å²) < 4.78 is 0. The van der Waals surface area contributed by atoms with Crippen LogP contribution in [0.25, 0.3) is 10.9 Å². The second-order valence-corrected chi connectivity index (χ2v) is 5.42. The zero-order valence-corrected chi connectivity index (χ0v) is 10.5. The van der Waals surface area contributed by atoms with Gasteiger partial charge in [0.1, 0.15) is 0 Å². The van der Waals surface area contributed by atoms with Crippen LogP contribution >= 0.6 is 0 Å². The number of aromatic nitrogens is 1. The fourth-order valence-electron chi connectivity index (χ4n) is 2.08. The van der Waals surface area contributed by atoms with Crippen LogP contribution in [0, 0.1) is 0 Å². The van der Waals surface area contributed by atoms with Crippen molar-refractivity contribution < 1.29 is 0 Å². The Balaban J connectivity index is 2.16. The van der Waals surface area contributed by atoms with Crippen molar-refractivity contribution in [2.45, 2.75) is 38.3 Å². The monoisotopic (exact) mass is 231 g/mol. The molecule has 0 aliphatic rings. The lowest BCUT2D eigenvalue weighted by atomic mass is 9.94. The molecule has 92 valence electrons. The van der Waals surface area contributed by atoms with Gasteiger partial charge in [-0.25, -0.2) is 0 Å². The van der Waals surface area contributed by atoms with Crippen LogP contribution < -0.4 is 11.5 Å². The molecule has 0 saturated heterocycles. The van der Waals surface area contributed by atoms with Crippen molar-refractivity contribution >= 4 is 10.9 Å². The smallest absolute Gasteiger partial charge is 0.0457 e. The van der Waals surface area contributed by atoms with Crippen molar-refractivity contribution in [3.05, 3.63) is 36.0 Å². The van der Waals surface area contributed by atoms with Gasteiger partial charge in [0, 0.05) is 28.7 Å². The molecule has 0 saturated carbocycles. The van der Waals surface area contributed by atoms with Gasteiger partial charge >= 0.3 is 0 Å². The molecule has 2 rings (SSSR count). The molecule has 1 heterocycles. The molecule has 17 heavy (non-hydrogen) atoms. The van der Waals surface area contributed by atoms with E-state index in [4.69, 9.17) is 11.5 Å². The van der Waals surface area contributed by atoms with Crippen molar-refractivity contribution in [3.8, 4) is 0 Å². The highest BCUT2D eigenvalue weighted by molar-refractivity contribution is 5.83. The van der Waals surface area contributed by atoms with Gasteiger partial charge in [0.25, 0.3) is 0 Å². The number of H-pyrrole nitrogens is 1. The minimum Gasteiger partial charge on any atom is -0.361 e. The Bertz CT molecular complexity index is 493. The molecule has 0 aliphatic carbocycles. The maximum atomic E-state index is 6.24. The summed E-state index contributed by atoms with van der Waals surface area (Å²) in [4.78, 5) is 3.25. The first kappa shape index (κ1) is 12.1. The molecule has 3 nitrogen and oxygen atoms in total. The van der Waals surface area contributed by atoms with E-state index in [1.807, 2.05) is 32.2 Å². The Labute approximate surface area is 102 Å². The van der Waals surface area contributed by atoms with E-state index >= 15 is 0 Å². The predicted octanol–water partition coefficient (Wildman–Crippen LogP) is 2.69. The van der Waals surface area contributed by atoms with Crippen LogP contribution in [-0.4, -0.2) is 10.5 Å². The highest BCUT2D eigenvalue weighted by Gasteiger charge is 2.16. The zero-order chi connectivity index (χ0) is 12.5. The molecule has 1 aromatic heterocycles. The number of aromatic amines is 1. The molecule has 1 atom stereocenters. The van der Waals surface area contributed by atoms with Crippen molar-refractivity contribution in [2.24, 2.45) is 11.5 Å². The SMILES string of the molecule is CC(C)(N)CCC(N)c1c[nH]c2ccccc12. The van der Waals surface area contributed by atoms with E-state index in [0.29, 0.717) is 0 Å². The Kier molecular flexibility index (Phi) is 3.22.